The molecule has 0 unspecified atom stereocenters. The van der Waals surface area contributed by atoms with Gasteiger partial charge in [0.1, 0.15) is 5.65 Å². The van der Waals surface area contributed by atoms with Crippen molar-refractivity contribution in [2.75, 3.05) is 0 Å². The summed E-state index contributed by atoms with van der Waals surface area (Å²) >= 11 is 0. The van der Waals surface area contributed by atoms with Crippen LogP contribution in [0.5, 0.6) is 0 Å². The van der Waals surface area contributed by atoms with Crippen molar-refractivity contribution < 1.29 is 15.0 Å². The van der Waals surface area contributed by atoms with Crippen LogP contribution in [0, 0.1) is 0 Å². The van der Waals surface area contributed by atoms with Crippen molar-refractivity contribution in [2.24, 2.45) is 0 Å². The number of aromatic carboxylic acids is 1. The molecule has 0 saturated heterocycles. The number of hydrogen-bond donors (Lipinski definition) is 2. The maximum Gasteiger partial charge on any atom is 0.337 e. The molecular formula is C9H8N2O3. The summed E-state index contributed by atoms with van der Waals surface area (Å²) in [6.45, 7) is -0.149. The smallest absolute Gasteiger partial charge is 0.337 e. The molecule has 2 N–H and O–H groups in total. The number of carboxylic acid groups (broad SMARTS) is 1. The van der Waals surface area contributed by atoms with E-state index in [9.17, 15) is 4.79 Å². The Hall–Kier alpha value is -1.88. The van der Waals surface area contributed by atoms with Gasteiger partial charge in [0, 0.05) is 12.4 Å². The molecule has 2 aromatic rings. The highest BCUT2D eigenvalue weighted by atomic mass is 16.4. The van der Waals surface area contributed by atoms with Crippen molar-refractivity contribution in [3.63, 3.8) is 0 Å². The van der Waals surface area contributed by atoms with E-state index in [2.05, 4.69) is 4.98 Å². The Kier molecular flexibility index (Phi) is 1.94. The lowest BCUT2D eigenvalue weighted by molar-refractivity contribution is 0.0696. The Labute approximate surface area is 79.2 Å². The van der Waals surface area contributed by atoms with Crippen LogP contribution >= 0.6 is 0 Å². The fourth-order valence-electron chi connectivity index (χ4n) is 1.25. The van der Waals surface area contributed by atoms with E-state index >= 15 is 0 Å². The molecule has 14 heavy (non-hydrogen) atoms. The van der Waals surface area contributed by atoms with E-state index in [1.54, 1.807) is 16.7 Å². The van der Waals surface area contributed by atoms with Crippen LogP contribution in [0.3, 0.4) is 0 Å². The number of aliphatic hydroxyl groups is 1. The third-order valence-corrected chi connectivity index (χ3v) is 1.91. The number of nitrogens with zero attached hydrogens (tertiary/aromatic N) is 2. The quantitative estimate of drug-likeness (QED) is 0.727. The average Bonchev–Trinajstić information content (AvgIpc) is 2.58. The normalized spacial score (nSPS) is 10.6. The SMILES string of the molecule is O=C(O)c1ccc2nc(CO)cn2c1. The number of fused-ring (bicyclic) bond motifs is 1. The predicted molar refractivity (Wildman–Crippen MR) is 48.1 cm³/mol. The molecule has 0 aliphatic heterocycles. The van der Waals surface area contributed by atoms with E-state index in [1.807, 2.05) is 0 Å². The summed E-state index contributed by atoms with van der Waals surface area (Å²) in [6, 6.07) is 3.08. The van der Waals surface area contributed by atoms with Gasteiger partial charge in [-0.3, -0.25) is 0 Å². The lowest BCUT2D eigenvalue weighted by Gasteiger charge is -1.95. The number of pyridine rings is 1. The summed E-state index contributed by atoms with van der Waals surface area (Å²) in [6.07, 6.45) is 3.06. The molecule has 2 rings (SSSR count). The molecule has 2 aromatic heterocycles. The Balaban J connectivity index is 2.59. The van der Waals surface area contributed by atoms with Gasteiger partial charge in [-0.05, 0) is 12.1 Å². The molecule has 0 aromatic carbocycles. The highest BCUT2D eigenvalue weighted by molar-refractivity contribution is 5.87. The summed E-state index contributed by atoms with van der Waals surface area (Å²) in [5, 5.41) is 17.6. The van der Waals surface area contributed by atoms with Crippen molar-refractivity contribution in [1.29, 1.82) is 0 Å². The van der Waals surface area contributed by atoms with E-state index in [0.29, 0.717) is 11.3 Å². The molecule has 0 saturated carbocycles. The fraction of sp³-hybridized carbons (Fsp3) is 0.111. The topological polar surface area (TPSA) is 74.8 Å². The van der Waals surface area contributed by atoms with Gasteiger partial charge < -0.3 is 14.6 Å². The minimum atomic E-state index is -0.980. The van der Waals surface area contributed by atoms with E-state index < -0.39 is 5.97 Å². The standard InChI is InChI=1S/C9H8N2O3/c12-5-7-4-11-3-6(9(13)14)1-2-8(11)10-7/h1-4,12H,5H2,(H,13,14). The molecule has 0 fully saturated rings. The Morgan fingerprint density at radius 3 is 2.86 bits per heavy atom. The minimum absolute atomic E-state index is 0.149. The second-order valence-electron chi connectivity index (χ2n) is 2.88. The highest BCUT2D eigenvalue weighted by Crippen LogP contribution is 2.07. The third-order valence-electron chi connectivity index (χ3n) is 1.91. The number of rotatable bonds is 2. The summed E-state index contributed by atoms with van der Waals surface area (Å²) in [5.74, 6) is -0.980. The molecule has 2 heterocycles. The molecule has 5 heteroatoms. The van der Waals surface area contributed by atoms with Crippen molar-refractivity contribution in [2.45, 2.75) is 6.61 Å². The molecular weight excluding hydrogens is 184 g/mol. The Morgan fingerprint density at radius 2 is 2.21 bits per heavy atom. The van der Waals surface area contributed by atoms with Crippen molar-refractivity contribution in [3.05, 3.63) is 35.8 Å². The van der Waals surface area contributed by atoms with Gasteiger partial charge in [-0.25, -0.2) is 9.78 Å². The van der Waals surface area contributed by atoms with Crippen molar-refractivity contribution >= 4 is 11.6 Å². The predicted octanol–water partition coefficient (Wildman–Crippen LogP) is 0.525. The largest absolute Gasteiger partial charge is 0.478 e. The van der Waals surface area contributed by atoms with Crippen molar-refractivity contribution in [1.82, 2.24) is 9.38 Å². The fourth-order valence-corrected chi connectivity index (χ4v) is 1.25. The summed E-state index contributed by atoms with van der Waals surface area (Å²) in [4.78, 5) is 14.7. The van der Waals surface area contributed by atoms with Gasteiger partial charge in [-0.15, -0.1) is 0 Å². The minimum Gasteiger partial charge on any atom is -0.478 e. The number of hydrogen-bond acceptors (Lipinski definition) is 3. The first-order valence-corrected chi connectivity index (χ1v) is 4.02. The zero-order chi connectivity index (χ0) is 10.1. The number of carboxylic acids is 1. The van der Waals surface area contributed by atoms with E-state index in [4.69, 9.17) is 10.2 Å². The first-order chi connectivity index (χ1) is 6.70. The van der Waals surface area contributed by atoms with E-state index in [1.165, 1.54) is 12.3 Å². The number of carbonyl (C=O) groups is 1. The Morgan fingerprint density at radius 1 is 1.43 bits per heavy atom. The van der Waals surface area contributed by atoms with Crippen LogP contribution in [-0.2, 0) is 6.61 Å². The molecule has 0 bridgehead atoms. The second kappa shape index (κ2) is 3.12. The summed E-state index contributed by atoms with van der Waals surface area (Å²) < 4.78 is 1.58. The second-order valence-corrected chi connectivity index (χ2v) is 2.88. The molecule has 0 spiro atoms. The van der Waals surface area contributed by atoms with Crippen LogP contribution in [0.15, 0.2) is 24.5 Å². The van der Waals surface area contributed by atoms with Crippen LogP contribution < -0.4 is 0 Å². The number of aromatic nitrogens is 2. The Bertz CT molecular complexity index is 490. The maximum atomic E-state index is 10.6. The molecule has 0 atom stereocenters. The van der Waals surface area contributed by atoms with Crippen LogP contribution in [0.25, 0.3) is 5.65 Å². The zero-order valence-electron chi connectivity index (χ0n) is 7.21. The number of aliphatic hydroxyl groups excluding tert-OH is 1. The van der Waals surface area contributed by atoms with Gasteiger partial charge in [0.15, 0.2) is 0 Å². The van der Waals surface area contributed by atoms with Crippen LogP contribution in [-0.4, -0.2) is 25.6 Å². The molecule has 0 aliphatic rings. The average molecular weight is 192 g/mol. The van der Waals surface area contributed by atoms with Gasteiger partial charge in [-0.2, -0.15) is 0 Å². The van der Waals surface area contributed by atoms with E-state index in [-0.39, 0.29) is 12.2 Å². The summed E-state index contributed by atoms with van der Waals surface area (Å²) in [5.41, 5.74) is 1.34. The molecule has 0 aliphatic carbocycles. The van der Waals surface area contributed by atoms with Gasteiger partial charge in [0.2, 0.25) is 0 Å². The number of imidazole rings is 1. The van der Waals surface area contributed by atoms with Gasteiger partial charge in [0.05, 0.1) is 17.9 Å². The van der Waals surface area contributed by atoms with Gasteiger partial charge in [-0.1, -0.05) is 0 Å². The maximum absolute atomic E-state index is 10.6. The van der Waals surface area contributed by atoms with Gasteiger partial charge in [0.25, 0.3) is 0 Å². The highest BCUT2D eigenvalue weighted by Gasteiger charge is 2.05. The molecule has 72 valence electrons. The zero-order valence-corrected chi connectivity index (χ0v) is 7.21. The summed E-state index contributed by atoms with van der Waals surface area (Å²) in [7, 11) is 0. The first-order valence-electron chi connectivity index (χ1n) is 4.02. The molecule has 5 nitrogen and oxygen atoms in total. The van der Waals surface area contributed by atoms with Crippen LogP contribution in [0.1, 0.15) is 16.1 Å². The van der Waals surface area contributed by atoms with Crippen LogP contribution in [0.4, 0.5) is 0 Å². The van der Waals surface area contributed by atoms with Crippen molar-refractivity contribution in [3.8, 4) is 0 Å². The van der Waals surface area contributed by atoms with Crippen LogP contribution in [0.2, 0.25) is 0 Å². The van der Waals surface area contributed by atoms with Gasteiger partial charge >= 0.3 is 5.97 Å². The monoisotopic (exact) mass is 192 g/mol. The van der Waals surface area contributed by atoms with E-state index in [0.717, 1.165) is 0 Å². The lowest BCUT2D eigenvalue weighted by atomic mass is 10.3. The third kappa shape index (κ3) is 1.33. The lowest BCUT2D eigenvalue weighted by Crippen LogP contribution is -1.97. The molecule has 0 amide bonds. The first kappa shape index (κ1) is 8.71. The molecule has 0 radical (unpaired) electrons.